The Balaban J connectivity index is 2.26. The summed E-state index contributed by atoms with van der Waals surface area (Å²) in [6.45, 7) is 4.25. The Morgan fingerprint density at radius 3 is 2.70 bits per heavy atom. The SMILES string of the molecule is CCn1cc(S(=O)(=O)N(C)Cc2cc(C)on2)c(N)n1. The van der Waals surface area contributed by atoms with Gasteiger partial charge >= 0.3 is 0 Å². The van der Waals surface area contributed by atoms with E-state index in [1.165, 1.54) is 17.9 Å². The lowest BCUT2D eigenvalue weighted by Gasteiger charge is -2.14. The second-order valence-electron chi connectivity index (χ2n) is 4.42. The first kappa shape index (κ1) is 14.5. The Labute approximate surface area is 117 Å². The molecule has 0 spiro atoms. The van der Waals surface area contributed by atoms with Crippen molar-refractivity contribution in [3.63, 3.8) is 0 Å². The molecule has 0 aromatic carbocycles. The van der Waals surface area contributed by atoms with Gasteiger partial charge in [-0.15, -0.1) is 0 Å². The molecule has 0 amide bonds. The smallest absolute Gasteiger partial charge is 0.248 e. The predicted octanol–water partition coefficient (Wildman–Crippen LogP) is 0.602. The monoisotopic (exact) mass is 299 g/mol. The third-order valence-electron chi connectivity index (χ3n) is 2.83. The van der Waals surface area contributed by atoms with Gasteiger partial charge in [0.2, 0.25) is 10.0 Å². The minimum Gasteiger partial charge on any atom is -0.381 e. The van der Waals surface area contributed by atoms with E-state index in [9.17, 15) is 8.42 Å². The highest BCUT2D eigenvalue weighted by Crippen LogP contribution is 2.21. The average molecular weight is 299 g/mol. The van der Waals surface area contributed by atoms with Crippen LogP contribution >= 0.6 is 0 Å². The van der Waals surface area contributed by atoms with Gasteiger partial charge in [-0.3, -0.25) is 4.68 Å². The van der Waals surface area contributed by atoms with Crippen LogP contribution in [0.4, 0.5) is 5.82 Å². The zero-order valence-corrected chi connectivity index (χ0v) is 12.4. The fourth-order valence-corrected chi connectivity index (χ4v) is 2.95. The number of hydrogen-bond acceptors (Lipinski definition) is 6. The van der Waals surface area contributed by atoms with Gasteiger partial charge in [-0.2, -0.15) is 9.40 Å². The molecule has 0 atom stereocenters. The quantitative estimate of drug-likeness (QED) is 0.866. The zero-order valence-electron chi connectivity index (χ0n) is 11.6. The van der Waals surface area contributed by atoms with Crippen molar-refractivity contribution in [3.8, 4) is 0 Å². The molecule has 0 aliphatic carbocycles. The molecule has 0 radical (unpaired) electrons. The van der Waals surface area contributed by atoms with Crippen molar-refractivity contribution in [1.29, 1.82) is 0 Å². The number of nitrogen functional groups attached to an aromatic ring is 1. The molecule has 0 aliphatic rings. The van der Waals surface area contributed by atoms with E-state index in [2.05, 4.69) is 10.3 Å². The molecular weight excluding hydrogens is 282 g/mol. The molecule has 8 nitrogen and oxygen atoms in total. The summed E-state index contributed by atoms with van der Waals surface area (Å²) in [7, 11) is -2.24. The number of sulfonamides is 1. The first-order valence-corrected chi connectivity index (χ1v) is 7.50. The molecule has 0 saturated heterocycles. The number of aryl methyl sites for hydroxylation is 2. The maximum Gasteiger partial charge on any atom is 0.248 e. The van der Waals surface area contributed by atoms with Gasteiger partial charge in [-0.25, -0.2) is 8.42 Å². The lowest BCUT2D eigenvalue weighted by Crippen LogP contribution is -2.27. The van der Waals surface area contributed by atoms with Gasteiger partial charge < -0.3 is 10.3 Å². The summed E-state index contributed by atoms with van der Waals surface area (Å²) in [6, 6.07) is 1.69. The van der Waals surface area contributed by atoms with E-state index >= 15 is 0 Å². The second kappa shape index (κ2) is 5.25. The zero-order chi connectivity index (χ0) is 14.9. The van der Waals surface area contributed by atoms with Crippen molar-refractivity contribution in [2.45, 2.75) is 31.8 Å². The van der Waals surface area contributed by atoms with E-state index in [1.54, 1.807) is 13.0 Å². The molecule has 2 rings (SSSR count). The average Bonchev–Trinajstić information content (AvgIpc) is 2.95. The number of aromatic nitrogens is 3. The summed E-state index contributed by atoms with van der Waals surface area (Å²) in [5.41, 5.74) is 6.20. The van der Waals surface area contributed by atoms with Crippen molar-refractivity contribution < 1.29 is 12.9 Å². The molecule has 2 heterocycles. The molecule has 2 aromatic rings. The van der Waals surface area contributed by atoms with Crippen LogP contribution in [-0.4, -0.2) is 34.7 Å². The minimum absolute atomic E-state index is 0.00191. The fraction of sp³-hybridized carbons (Fsp3) is 0.455. The van der Waals surface area contributed by atoms with Crippen LogP contribution in [-0.2, 0) is 23.1 Å². The van der Waals surface area contributed by atoms with Crippen molar-refractivity contribution in [2.24, 2.45) is 0 Å². The summed E-state index contributed by atoms with van der Waals surface area (Å²) in [6.07, 6.45) is 1.43. The molecular formula is C11H17N5O3S. The van der Waals surface area contributed by atoms with E-state index in [0.717, 1.165) is 4.31 Å². The van der Waals surface area contributed by atoms with Gasteiger partial charge in [0, 0.05) is 25.9 Å². The summed E-state index contributed by atoms with van der Waals surface area (Å²) >= 11 is 0. The number of anilines is 1. The standard InChI is InChI=1S/C11H17N5O3S/c1-4-16-7-10(11(12)13-16)20(17,18)15(3)6-9-5-8(2)19-14-9/h5,7H,4,6H2,1-3H3,(H2,12,13). The van der Waals surface area contributed by atoms with Crippen molar-refractivity contribution >= 4 is 15.8 Å². The highest BCUT2D eigenvalue weighted by Gasteiger charge is 2.26. The molecule has 0 aliphatic heterocycles. The third kappa shape index (κ3) is 2.68. The van der Waals surface area contributed by atoms with Crippen LogP contribution in [0.5, 0.6) is 0 Å². The van der Waals surface area contributed by atoms with E-state index in [0.29, 0.717) is 18.0 Å². The Morgan fingerprint density at radius 1 is 1.50 bits per heavy atom. The van der Waals surface area contributed by atoms with Gasteiger partial charge in [0.25, 0.3) is 0 Å². The number of rotatable bonds is 5. The number of hydrogen-bond donors (Lipinski definition) is 1. The van der Waals surface area contributed by atoms with Gasteiger partial charge in [0.15, 0.2) is 5.82 Å². The van der Waals surface area contributed by atoms with E-state index in [1.807, 2.05) is 6.92 Å². The summed E-state index contributed by atoms with van der Waals surface area (Å²) in [4.78, 5) is 0.00191. The van der Waals surface area contributed by atoms with Crippen molar-refractivity contribution in [3.05, 3.63) is 23.7 Å². The second-order valence-corrected chi connectivity index (χ2v) is 6.44. The molecule has 9 heteroatoms. The van der Waals surface area contributed by atoms with Gasteiger partial charge in [-0.1, -0.05) is 5.16 Å². The molecule has 0 bridgehead atoms. The lowest BCUT2D eigenvalue weighted by molar-refractivity contribution is 0.378. The van der Waals surface area contributed by atoms with Crippen LogP contribution in [0.15, 0.2) is 21.7 Å². The fourth-order valence-electron chi connectivity index (χ4n) is 1.75. The van der Waals surface area contributed by atoms with Crippen LogP contribution in [0, 0.1) is 6.92 Å². The van der Waals surface area contributed by atoms with Gasteiger partial charge in [0.05, 0.1) is 12.2 Å². The predicted molar refractivity (Wildman–Crippen MR) is 72.2 cm³/mol. The maximum absolute atomic E-state index is 12.4. The molecule has 2 N–H and O–H groups in total. The number of nitrogens with two attached hydrogens (primary N) is 1. The van der Waals surface area contributed by atoms with Crippen LogP contribution < -0.4 is 5.73 Å². The summed E-state index contributed by atoms with van der Waals surface area (Å²) < 4.78 is 32.4. The highest BCUT2D eigenvalue weighted by atomic mass is 32.2. The topological polar surface area (TPSA) is 107 Å². The molecule has 2 aromatic heterocycles. The van der Waals surface area contributed by atoms with E-state index in [4.69, 9.17) is 10.3 Å². The van der Waals surface area contributed by atoms with Crippen LogP contribution in [0.2, 0.25) is 0 Å². The highest BCUT2D eigenvalue weighted by molar-refractivity contribution is 7.89. The molecule has 0 fully saturated rings. The Hall–Kier alpha value is -1.87. The molecule has 20 heavy (non-hydrogen) atoms. The van der Waals surface area contributed by atoms with Crippen molar-refractivity contribution in [2.75, 3.05) is 12.8 Å². The molecule has 0 unspecified atom stereocenters. The van der Waals surface area contributed by atoms with Crippen molar-refractivity contribution in [1.82, 2.24) is 19.2 Å². The first-order valence-electron chi connectivity index (χ1n) is 6.06. The molecule has 0 saturated carbocycles. The maximum atomic E-state index is 12.4. The Morgan fingerprint density at radius 2 is 2.20 bits per heavy atom. The van der Waals surface area contributed by atoms with E-state index in [-0.39, 0.29) is 17.3 Å². The lowest BCUT2D eigenvalue weighted by atomic mass is 10.4. The van der Waals surface area contributed by atoms with Gasteiger partial charge in [-0.05, 0) is 13.8 Å². The van der Waals surface area contributed by atoms with Crippen LogP contribution in [0.25, 0.3) is 0 Å². The summed E-state index contributed by atoms with van der Waals surface area (Å²) in [5.74, 6) is 0.624. The van der Waals surface area contributed by atoms with Crippen LogP contribution in [0.3, 0.4) is 0 Å². The Kier molecular flexibility index (Phi) is 3.82. The largest absolute Gasteiger partial charge is 0.381 e. The van der Waals surface area contributed by atoms with E-state index < -0.39 is 10.0 Å². The minimum atomic E-state index is -3.70. The number of nitrogens with zero attached hydrogens (tertiary/aromatic N) is 4. The molecule has 110 valence electrons. The Bertz CT molecular complexity index is 703. The first-order chi connectivity index (χ1) is 9.34. The van der Waals surface area contributed by atoms with Crippen LogP contribution in [0.1, 0.15) is 18.4 Å². The summed E-state index contributed by atoms with van der Waals surface area (Å²) in [5, 5.41) is 7.72. The van der Waals surface area contributed by atoms with Gasteiger partial charge in [0.1, 0.15) is 10.7 Å². The normalized spacial score (nSPS) is 12.2. The third-order valence-corrected chi connectivity index (χ3v) is 4.65.